The van der Waals surface area contributed by atoms with Gasteiger partial charge in [-0.3, -0.25) is 4.57 Å². The first-order chi connectivity index (χ1) is 8.17. The highest BCUT2D eigenvalue weighted by molar-refractivity contribution is 7.38. The molecule has 17 heavy (non-hydrogen) atoms. The molecule has 0 heterocycles. The predicted molar refractivity (Wildman–Crippen MR) is 74.7 cm³/mol. The second kappa shape index (κ2) is 10.5. The first kappa shape index (κ1) is 16.4. The van der Waals surface area contributed by atoms with Gasteiger partial charge in [-0.05, 0) is 18.5 Å². The maximum absolute atomic E-state index is 11.0. The zero-order valence-electron chi connectivity index (χ0n) is 10.7. The Morgan fingerprint density at radius 2 is 1.76 bits per heavy atom. The molecule has 2 atom stereocenters. The number of nitrogens with two attached hydrogens (primary N) is 1. The Labute approximate surface area is 105 Å². The molecule has 0 radical (unpaired) electrons. The van der Waals surface area contributed by atoms with Crippen molar-refractivity contribution in [1.29, 1.82) is 0 Å². The third-order valence-corrected chi connectivity index (χ3v) is 3.67. The van der Waals surface area contributed by atoms with Crippen LogP contribution in [0.15, 0.2) is 30.3 Å². The lowest BCUT2D eigenvalue weighted by Crippen LogP contribution is -2.04. The lowest BCUT2D eigenvalue weighted by atomic mass is 10.1. The molecular weight excluding hydrogens is 233 g/mol. The molecule has 0 aromatic heterocycles. The maximum Gasteiger partial charge on any atom is 0.196 e. The number of hydrogen-bond acceptors (Lipinski definition) is 2. The Kier molecular flexibility index (Phi) is 10.1. The van der Waals surface area contributed by atoms with Crippen molar-refractivity contribution in [2.24, 2.45) is 5.73 Å². The third-order valence-electron chi connectivity index (χ3n) is 2.46. The van der Waals surface area contributed by atoms with Crippen molar-refractivity contribution < 1.29 is 9.46 Å². The van der Waals surface area contributed by atoms with Crippen molar-refractivity contribution in [1.82, 2.24) is 0 Å². The highest BCUT2D eigenvalue weighted by Crippen LogP contribution is 2.39. The van der Waals surface area contributed by atoms with Crippen LogP contribution in [-0.2, 0) is 4.57 Å². The Hall–Kier alpha value is -0.630. The van der Waals surface area contributed by atoms with E-state index in [0.717, 1.165) is 5.56 Å². The summed E-state index contributed by atoms with van der Waals surface area (Å²) in [5, 5.41) is 0. The van der Waals surface area contributed by atoms with Crippen LogP contribution in [0.2, 0.25) is 0 Å². The summed E-state index contributed by atoms with van der Waals surface area (Å²) in [6.45, 7) is 4.80. The molecule has 0 spiro atoms. The molecule has 0 aliphatic carbocycles. The number of benzene rings is 1. The molecule has 1 aromatic carbocycles. The van der Waals surface area contributed by atoms with Crippen LogP contribution in [0.1, 0.15) is 44.3 Å². The molecule has 0 aliphatic rings. The predicted octanol–water partition coefficient (Wildman–Crippen LogP) is 3.35. The van der Waals surface area contributed by atoms with E-state index in [4.69, 9.17) is 10.6 Å². The molecule has 2 unspecified atom stereocenters. The van der Waals surface area contributed by atoms with E-state index < -0.39 is 8.03 Å². The van der Waals surface area contributed by atoms with E-state index in [9.17, 15) is 4.57 Å². The van der Waals surface area contributed by atoms with E-state index in [0.29, 0.717) is 13.0 Å². The maximum atomic E-state index is 11.0. The number of hydrogen-bond donors (Lipinski definition) is 2. The average Bonchev–Trinajstić information content (AvgIpc) is 2.37. The molecule has 98 valence electrons. The van der Waals surface area contributed by atoms with E-state index in [2.05, 4.69) is 13.8 Å². The van der Waals surface area contributed by atoms with Crippen molar-refractivity contribution in [3.8, 4) is 0 Å². The summed E-state index contributed by atoms with van der Waals surface area (Å²) < 4.78 is 11.0. The summed E-state index contributed by atoms with van der Waals surface area (Å²) in [6, 6.07) is 9.34. The Morgan fingerprint density at radius 3 is 2.12 bits per heavy atom. The van der Waals surface area contributed by atoms with Crippen LogP contribution < -0.4 is 5.73 Å². The smallest absolute Gasteiger partial charge is 0.196 e. The summed E-state index contributed by atoms with van der Waals surface area (Å²) in [4.78, 5) is 9.09. The molecule has 1 rings (SSSR count). The van der Waals surface area contributed by atoms with Gasteiger partial charge in [0.2, 0.25) is 0 Å². The fourth-order valence-corrected chi connectivity index (χ4v) is 2.18. The molecule has 3 N–H and O–H groups in total. The quantitative estimate of drug-likeness (QED) is 0.795. The highest BCUT2D eigenvalue weighted by Gasteiger charge is 2.14. The lowest BCUT2D eigenvalue weighted by Gasteiger charge is -2.12. The van der Waals surface area contributed by atoms with Crippen molar-refractivity contribution in [2.75, 3.05) is 6.54 Å². The van der Waals surface area contributed by atoms with Gasteiger partial charge < -0.3 is 10.6 Å². The summed E-state index contributed by atoms with van der Waals surface area (Å²) in [5.74, 6) is 0. The second-order valence-electron chi connectivity index (χ2n) is 3.88. The minimum Gasteiger partial charge on any atom is -0.346 e. The molecule has 0 bridgehead atoms. The fraction of sp³-hybridized carbons (Fsp3) is 0.538. The topological polar surface area (TPSA) is 63.3 Å². The van der Waals surface area contributed by atoms with Crippen LogP contribution in [0, 0.1) is 0 Å². The highest BCUT2D eigenvalue weighted by atomic mass is 31.1. The van der Waals surface area contributed by atoms with Crippen LogP contribution in [0.3, 0.4) is 0 Å². The summed E-state index contributed by atoms with van der Waals surface area (Å²) in [6.07, 6.45) is 3.21. The summed E-state index contributed by atoms with van der Waals surface area (Å²) in [7, 11) is -2.52. The molecule has 0 amide bonds. The van der Waals surface area contributed by atoms with Gasteiger partial charge in [-0.1, -0.05) is 57.0 Å². The molecule has 1 aromatic rings. The second-order valence-corrected chi connectivity index (χ2v) is 5.25. The van der Waals surface area contributed by atoms with Crippen molar-refractivity contribution >= 4 is 8.03 Å². The molecule has 0 saturated carbocycles. The van der Waals surface area contributed by atoms with Gasteiger partial charge in [0.1, 0.15) is 0 Å². The average molecular weight is 257 g/mol. The van der Waals surface area contributed by atoms with Crippen LogP contribution in [0.25, 0.3) is 0 Å². The third kappa shape index (κ3) is 7.32. The number of rotatable bonds is 5. The number of unbranched alkanes of at least 4 members (excludes halogenated alkanes) is 1. The Balaban J connectivity index is 0.000000557. The minimum atomic E-state index is -2.52. The van der Waals surface area contributed by atoms with E-state index in [1.165, 1.54) is 12.8 Å². The largest absolute Gasteiger partial charge is 0.346 e. The van der Waals surface area contributed by atoms with E-state index in [-0.39, 0.29) is 5.66 Å². The SMILES string of the molecule is CCCC.NCCC(c1ccccc1)[PH](=O)O. The van der Waals surface area contributed by atoms with Gasteiger partial charge in [-0.25, -0.2) is 0 Å². The molecule has 0 aliphatic heterocycles. The first-order valence-electron chi connectivity index (χ1n) is 6.15. The first-order valence-corrected chi connectivity index (χ1v) is 7.58. The normalized spacial score (nSPS) is 13.4. The van der Waals surface area contributed by atoms with E-state index >= 15 is 0 Å². The van der Waals surface area contributed by atoms with Crippen LogP contribution in [0.5, 0.6) is 0 Å². The monoisotopic (exact) mass is 257 g/mol. The van der Waals surface area contributed by atoms with Crippen molar-refractivity contribution in [3.05, 3.63) is 35.9 Å². The lowest BCUT2D eigenvalue weighted by molar-refractivity contribution is 0.486. The van der Waals surface area contributed by atoms with Gasteiger partial charge in [0.05, 0.1) is 5.66 Å². The van der Waals surface area contributed by atoms with Gasteiger partial charge in [-0.2, -0.15) is 0 Å². The molecule has 0 saturated heterocycles. The minimum absolute atomic E-state index is 0.281. The van der Waals surface area contributed by atoms with Gasteiger partial charge in [0.15, 0.2) is 8.03 Å². The van der Waals surface area contributed by atoms with E-state index in [1.54, 1.807) is 0 Å². The van der Waals surface area contributed by atoms with Gasteiger partial charge in [0, 0.05) is 0 Å². The zero-order chi connectivity index (χ0) is 13.1. The van der Waals surface area contributed by atoms with Crippen molar-refractivity contribution in [3.63, 3.8) is 0 Å². The van der Waals surface area contributed by atoms with Crippen LogP contribution >= 0.6 is 8.03 Å². The molecule has 4 heteroatoms. The standard InChI is InChI=1S/C9H14NO2P.C4H10/c10-7-6-9(13(11)12)8-4-2-1-3-5-8;1-3-4-2/h1-5,9,13H,6-7,10H2,(H,11,12);3-4H2,1-2H3. The van der Waals surface area contributed by atoms with Gasteiger partial charge >= 0.3 is 0 Å². The molecule has 3 nitrogen and oxygen atoms in total. The Bertz CT molecular complexity index is 302. The van der Waals surface area contributed by atoms with E-state index in [1.807, 2.05) is 30.3 Å². The molecular formula is C13H24NO2P. The van der Waals surface area contributed by atoms with Crippen LogP contribution in [0.4, 0.5) is 0 Å². The Morgan fingerprint density at radius 1 is 1.24 bits per heavy atom. The zero-order valence-corrected chi connectivity index (χ0v) is 11.7. The van der Waals surface area contributed by atoms with Gasteiger partial charge in [-0.15, -0.1) is 0 Å². The van der Waals surface area contributed by atoms with Crippen molar-refractivity contribution in [2.45, 2.75) is 38.8 Å². The van der Waals surface area contributed by atoms with Crippen LogP contribution in [-0.4, -0.2) is 11.4 Å². The van der Waals surface area contributed by atoms with Gasteiger partial charge in [0.25, 0.3) is 0 Å². The summed E-state index contributed by atoms with van der Waals surface area (Å²) >= 11 is 0. The fourth-order valence-electron chi connectivity index (χ4n) is 1.28. The summed E-state index contributed by atoms with van der Waals surface area (Å²) in [5.41, 5.74) is 5.99. The molecule has 0 fully saturated rings.